The largest absolute Gasteiger partial charge is 0.453 e. The van der Waals surface area contributed by atoms with Crippen molar-refractivity contribution in [3.8, 4) is 22.3 Å². The minimum Gasteiger partial charge on any atom is -0.453 e. The first-order valence-electron chi connectivity index (χ1n) is 21.6. The number of benzene rings is 4. The van der Waals surface area contributed by atoms with Crippen LogP contribution in [0.3, 0.4) is 0 Å². The molecule has 0 bridgehead atoms. The van der Waals surface area contributed by atoms with Gasteiger partial charge in [0.05, 0.1) is 43.9 Å². The summed E-state index contributed by atoms with van der Waals surface area (Å²) in [6.07, 6.45) is 2.85. The van der Waals surface area contributed by atoms with Gasteiger partial charge in [0.25, 0.3) is 0 Å². The second-order valence-electron chi connectivity index (χ2n) is 16.9. The van der Waals surface area contributed by atoms with Gasteiger partial charge >= 0.3 is 12.2 Å². The molecule has 1 fully saturated rings. The van der Waals surface area contributed by atoms with E-state index in [2.05, 4.69) is 110 Å². The minimum absolute atomic E-state index is 0.0160. The maximum atomic E-state index is 13.6. The molecule has 0 saturated carbocycles. The van der Waals surface area contributed by atoms with Crippen molar-refractivity contribution in [3.05, 3.63) is 90.3 Å². The fourth-order valence-corrected chi connectivity index (χ4v) is 8.38. The number of aliphatic imine (C=N–C) groups is 1. The lowest BCUT2D eigenvalue weighted by Gasteiger charge is -2.31. The van der Waals surface area contributed by atoms with Gasteiger partial charge in [0.1, 0.15) is 23.7 Å². The number of carbonyl (C=O) groups is 4. The molecule has 2 aliphatic heterocycles. The number of methoxy groups -OCH3 is 2. The number of likely N-dealkylation sites (tertiary alicyclic amines) is 1. The number of aryl methyl sites for hydroxylation is 1. The highest BCUT2D eigenvalue weighted by molar-refractivity contribution is 5.96. The van der Waals surface area contributed by atoms with E-state index in [0.717, 1.165) is 93.4 Å². The molecule has 5 N–H and O–H groups in total. The highest BCUT2D eigenvalue weighted by atomic mass is 16.5. The minimum atomic E-state index is -0.666. The summed E-state index contributed by atoms with van der Waals surface area (Å²) in [6.45, 7) is 9.31. The van der Waals surface area contributed by atoms with Gasteiger partial charge in [0.2, 0.25) is 11.8 Å². The van der Waals surface area contributed by atoms with E-state index < -0.39 is 24.3 Å². The number of H-pyrrole nitrogens is 1. The molecule has 0 radical (unpaired) electrons. The topological polar surface area (TPSA) is 179 Å². The maximum Gasteiger partial charge on any atom is 0.407 e. The Bertz CT molecular complexity index is 2440. The molecular weight excluding hydrogens is 785 g/mol. The monoisotopic (exact) mass is 842 g/mol. The zero-order valence-electron chi connectivity index (χ0n) is 36.4. The smallest absolute Gasteiger partial charge is 0.407 e. The third-order valence-corrected chi connectivity index (χ3v) is 11.9. The summed E-state index contributed by atoms with van der Waals surface area (Å²) < 4.78 is 9.43. The molecule has 4 atom stereocenters. The van der Waals surface area contributed by atoms with E-state index >= 15 is 0 Å². The molecular formula is C48H58N8O6. The number of amidine groups is 1. The zero-order chi connectivity index (χ0) is 43.9. The summed E-state index contributed by atoms with van der Waals surface area (Å²) in [5.74, 6) is 1.25. The number of alkyl carbamates (subject to hydrolysis) is 2. The first-order valence-corrected chi connectivity index (χ1v) is 21.6. The number of imidazole rings is 1. The number of fused-ring (bicyclic) bond motifs is 2. The number of aromatic nitrogens is 2. The van der Waals surface area contributed by atoms with Crippen molar-refractivity contribution >= 4 is 51.6 Å². The van der Waals surface area contributed by atoms with E-state index in [1.807, 2.05) is 32.6 Å². The standard InChI is InChI=1S/C48H58N8O6/c1-28(2)42(54-47(59)61-5)45(57)49-22-8-7-11-41-51-37-21-20-36(26-38(37)52-41)35-19-18-33-24-32(16-17-34(33)25-35)30-12-14-31(15-13-30)39-27-50-44(53-39)40-10-9-23-56(40)46(58)43(29(3)4)55-48(60)62-6/h12-21,24-26,28-29,39-40,42-43H,7-11,22-23,27H2,1-6H3,(H,49,57)(H,50,53)(H,51,52)(H,54,59)(H,55,60)/t39?,40-,42-,43-/m0/s1. The summed E-state index contributed by atoms with van der Waals surface area (Å²) in [6, 6.07) is 26.6. The Hall–Kier alpha value is -6.44. The molecule has 1 unspecified atom stereocenters. The Labute approximate surface area is 362 Å². The van der Waals surface area contributed by atoms with Crippen molar-refractivity contribution in [1.82, 2.24) is 36.1 Å². The number of nitrogens with zero attached hydrogens (tertiary/aromatic N) is 3. The second-order valence-corrected chi connectivity index (χ2v) is 16.9. The molecule has 3 heterocycles. The van der Waals surface area contributed by atoms with Crippen LogP contribution in [-0.2, 0) is 25.5 Å². The molecule has 0 aliphatic carbocycles. The normalized spacial score (nSPS) is 17.2. The van der Waals surface area contributed by atoms with Gasteiger partial charge in [-0.1, -0.05) is 82.3 Å². The van der Waals surface area contributed by atoms with Crippen LogP contribution in [0.15, 0.2) is 83.9 Å². The van der Waals surface area contributed by atoms with Gasteiger partial charge in [-0.25, -0.2) is 14.6 Å². The van der Waals surface area contributed by atoms with Crippen molar-refractivity contribution in [1.29, 1.82) is 0 Å². The molecule has 62 heavy (non-hydrogen) atoms. The number of hydrogen-bond donors (Lipinski definition) is 5. The number of hydrogen-bond acceptors (Lipinski definition) is 9. The first kappa shape index (κ1) is 43.6. The molecule has 4 aromatic carbocycles. The Morgan fingerprint density at radius 2 is 1.39 bits per heavy atom. The summed E-state index contributed by atoms with van der Waals surface area (Å²) in [5, 5.41) is 14.2. The summed E-state index contributed by atoms with van der Waals surface area (Å²) in [4.78, 5) is 64.8. The quantitative estimate of drug-likeness (QED) is 0.0683. The van der Waals surface area contributed by atoms with Crippen molar-refractivity contribution in [2.45, 2.75) is 84.0 Å². The predicted molar refractivity (Wildman–Crippen MR) is 242 cm³/mol. The van der Waals surface area contributed by atoms with Gasteiger partial charge in [-0.05, 0) is 100 Å². The van der Waals surface area contributed by atoms with Crippen molar-refractivity contribution in [2.75, 3.05) is 33.9 Å². The summed E-state index contributed by atoms with van der Waals surface area (Å²) in [5.41, 5.74) is 7.52. The fourth-order valence-electron chi connectivity index (χ4n) is 8.38. The number of ether oxygens (including phenoxy) is 2. The molecule has 14 nitrogen and oxygen atoms in total. The van der Waals surface area contributed by atoms with Gasteiger partial charge in [-0.15, -0.1) is 0 Å². The highest BCUT2D eigenvalue weighted by Crippen LogP contribution is 2.32. The van der Waals surface area contributed by atoms with Crippen LogP contribution >= 0.6 is 0 Å². The lowest BCUT2D eigenvalue weighted by Crippen LogP contribution is -2.54. The molecule has 14 heteroatoms. The molecule has 0 spiro atoms. The van der Waals surface area contributed by atoms with E-state index in [0.29, 0.717) is 19.6 Å². The Balaban J connectivity index is 0.932. The van der Waals surface area contributed by atoms with Gasteiger partial charge < -0.3 is 40.6 Å². The third-order valence-electron chi connectivity index (χ3n) is 11.9. The number of amides is 4. The molecule has 1 saturated heterocycles. The summed E-state index contributed by atoms with van der Waals surface area (Å²) in [7, 11) is 2.58. The average molecular weight is 843 g/mol. The van der Waals surface area contributed by atoms with E-state index in [1.54, 1.807) is 0 Å². The molecule has 326 valence electrons. The van der Waals surface area contributed by atoms with Crippen molar-refractivity contribution < 1.29 is 28.7 Å². The predicted octanol–water partition coefficient (Wildman–Crippen LogP) is 7.28. The second kappa shape index (κ2) is 19.5. The lowest BCUT2D eigenvalue weighted by molar-refractivity contribution is -0.134. The zero-order valence-corrected chi connectivity index (χ0v) is 36.4. The van der Waals surface area contributed by atoms with Gasteiger partial charge in [0, 0.05) is 19.5 Å². The van der Waals surface area contributed by atoms with Crippen LogP contribution in [0, 0.1) is 11.8 Å². The van der Waals surface area contributed by atoms with E-state index in [4.69, 9.17) is 14.7 Å². The van der Waals surface area contributed by atoms with Gasteiger partial charge in [0.15, 0.2) is 0 Å². The fraction of sp³-hybridized carbons (Fsp3) is 0.417. The molecule has 5 aromatic rings. The molecule has 1 aromatic heterocycles. The highest BCUT2D eigenvalue weighted by Gasteiger charge is 2.39. The van der Waals surface area contributed by atoms with Crippen LogP contribution in [0.5, 0.6) is 0 Å². The van der Waals surface area contributed by atoms with Crippen LogP contribution < -0.4 is 21.3 Å². The van der Waals surface area contributed by atoms with E-state index in [9.17, 15) is 19.2 Å². The van der Waals surface area contributed by atoms with Crippen LogP contribution in [0.1, 0.15) is 70.8 Å². The summed E-state index contributed by atoms with van der Waals surface area (Å²) >= 11 is 0. The first-order chi connectivity index (χ1) is 29.9. The average Bonchev–Trinajstić information content (AvgIpc) is 4.06. The van der Waals surface area contributed by atoms with Crippen LogP contribution in [0.4, 0.5) is 9.59 Å². The van der Waals surface area contributed by atoms with Crippen LogP contribution in [-0.4, -0.2) is 96.7 Å². The third kappa shape index (κ3) is 10.0. The number of unbranched alkanes of at least 4 members (excludes halogenated alkanes) is 1. The Morgan fingerprint density at radius 1 is 0.774 bits per heavy atom. The van der Waals surface area contributed by atoms with Crippen LogP contribution in [0.2, 0.25) is 0 Å². The number of carbonyl (C=O) groups excluding carboxylic acids is 4. The van der Waals surface area contributed by atoms with Gasteiger partial charge in [-0.2, -0.15) is 0 Å². The van der Waals surface area contributed by atoms with Crippen molar-refractivity contribution in [2.24, 2.45) is 16.8 Å². The van der Waals surface area contributed by atoms with Crippen molar-refractivity contribution in [3.63, 3.8) is 0 Å². The van der Waals surface area contributed by atoms with E-state index in [1.165, 1.54) is 14.2 Å². The van der Waals surface area contributed by atoms with E-state index in [-0.39, 0.29) is 35.7 Å². The Kier molecular flexibility index (Phi) is 13.7. The lowest BCUT2D eigenvalue weighted by atomic mass is 9.96. The van der Waals surface area contributed by atoms with Crippen LogP contribution in [0.25, 0.3) is 44.1 Å². The number of rotatable bonds is 15. The molecule has 2 aliphatic rings. The molecule has 7 rings (SSSR count). The van der Waals surface area contributed by atoms with Gasteiger partial charge in [-0.3, -0.25) is 14.6 Å². The Morgan fingerprint density at radius 3 is 2.05 bits per heavy atom. The maximum absolute atomic E-state index is 13.6. The number of nitrogens with one attached hydrogen (secondary N) is 5. The number of aromatic amines is 1. The SMILES string of the molecule is COC(=O)N[C@H](C(=O)NCCCCc1nc2ccc(-c3ccc4cc(-c5ccc(C6CN=C([C@@H]7CCCN7C(=O)[C@@H](NC(=O)OC)C(C)C)N6)cc5)ccc4c3)cc2[nH]1)C(C)C. The molecule has 4 amide bonds.